The highest BCUT2D eigenvalue weighted by Gasteiger charge is 2.19. The van der Waals surface area contributed by atoms with Gasteiger partial charge < -0.3 is 9.84 Å². The molecule has 0 aliphatic rings. The van der Waals surface area contributed by atoms with Gasteiger partial charge in [0.25, 0.3) is 0 Å². The largest absolute Gasteiger partial charge is 0.341 e. The summed E-state index contributed by atoms with van der Waals surface area (Å²) >= 11 is 0. The van der Waals surface area contributed by atoms with Crippen molar-refractivity contribution in [3.05, 3.63) is 60.4 Å². The molecule has 0 aliphatic carbocycles. The number of aromatic nitrogens is 4. The number of nitrogens with one attached hydrogen (secondary N) is 1. The molecule has 0 radical (unpaired) electrons. The maximum absolute atomic E-state index is 12.1. The summed E-state index contributed by atoms with van der Waals surface area (Å²) in [5.74, 6) is -0.312. The van der Waals surface area contributed by atoms with E-state index in [1.165, 1.54) is 12.4 Å². The fourth-order valence-corrected chi connectivity index (χ4v) is 1.92. The third-order valence-corrected chi connectivity index (χ3v) is 3.06. The highest BCUT2D eigenvalue weighted by atomic mass is 16.5. The van der Waals surface area contributed by atoms with Crippen molar-refractivity contribution in [3.63, 3.8) is 0 Å². The van der Waals surface area contributed by atoms with Gasteiger partial charge in [0.2, 0.25) is 5.82 Å². The van der Waals surface area contributed by atoms with Crippen LogP contribution in [0.25, 0.3) is 11.5 Å². The molecule has 1 atom stereocenters. The van der Waals surface area contributed by atoms with Gasteiger partial charge in [-0.15, -0.1) is 0 Å². The van der Waals surface area contributed by atoms with Crippen LogP contribution in [0.5, 0.6) is 0 Å². The number of carbonyl (C=O) groups excluding carboxylic acids is 1. The first-order chi connectivity index (χ1) is 10.7. The molecule has 0 fully saturated rings. The van der Waals surface area contributed by atoms with Crippen LogP contribution >= 0.6 is 0 Å². The van der Waals surface area contributed by atoms with E-state index in [2.05, 4.69) is 25.4 Å². The fraction of sp³-hybridized carbons (Fsp3) is 0.133. The van der Waals surface area contributed by atoms with Gasteiger partial charge in [0, 0.05) is 12.4 Å². The minimum atomic E-state index is -0.431. The van der Waals surface area contributed by atoms with E-state index in [-0.39, 0.29) is 17.8 Å². The van der Waals surface area contributed by atoms with Crippen LogP contribution in [0.4, 0.5) is 0 Å². The molecule has 2 aromatic heterocycles. The Kier molecular flexibility index (Phi) is 3.86. The van der Waals surface area contributed by atoms with Crippen molar-refractivity contribution in [2.45, 2.75) is 13.0 Å². The van der Waals surface area contributed by atoms with Gasteiger partial charge in [-0.05, 0) is 12.5 Å². The van der Waals surface area contributed by atoms with Crippen LogP contribution in [-0.2, 0) is 0 Å². The van der Waals surface area contributed by atoms with Crippen LogP contribution < -0.4 is 5.32 Å². The molecule has 1 N–H and O–H groups in total. The second-order valence-corrected chi connectivity index (χ2v) is 4.62. The maximum Gasteiger partial charge on any atom is 0.316 e. The first-order valence-corrected chi connectivity index (χ1v) is 6.70. The Morgan fingerprint density at radius 2 is 2.05 bits per heavy atom. The predicted molar refractivity (Wildman–Crippen MR) is 77.6 cm³/mol. The molecule has 0 bridgehead atoms. The maximum atomic E-state index is 12.1. The lowest BCUT2D eigenvalue weighted by Crippen LogP contribution is -2.26. The molecule has 0 aliphatic heterocycles. The molecule has 3 aromatic rings. The summed E-state index contributed by atoms with van der Waals surface area (Å²) in [7, 11) is 0. The summed E-state index contributed by atoms with van der Waals surface area (Å²) in [6, 6.07) is 9.45. The van der Waals surface area contributed by atoms with E-state index in [0.29, 0.717) is 5.69 Å². The van der Waals surface area contributed by atoms with Crippen LogP contribution in [0.3, 0.4) is 0 Å². The summed E-state index contributed by atoms with van der Waals surface area (Å²) in [5, 5.41) is 6.54. The lowest BCUT2D eigenvalue weighted by atomic mass is 10.1. The van der Waals surface area contributed by atoms with Crippen molar-refractivity contribution >= 4 is 5.91 Å². The van der Waals surface area contributed by atoms with Crippen molar-refractivity contribution in [1.29, 1.82) is 0 Å². The minimum absolute atomic E-state index is 0.108. The third kappa shape index (κ3) is 2.98. The molecular weight excluding hydrogens is 282 g/mol. The zero-order valence-electron chi connectivity index (χ0n) is 11.8. The standard InChI is InChI=1S/C15H13N5O2/c1-10(11-5-3-2-4-6-11)18-14(21)15-19-13(20-22-15)12-9-16-7-8-17-12/h2-10H,1H3,(H,18,21)/t10-/m0/s1. The van der Waals surface area contributed by atoms with Gasteiger partial charge in [-0.3, -0.25) is 9.78 Å². The van der Waals surface area contributed by atoms with Gasteiger partial charge in [-0.25, -0.2) is 4.98 Å². The number of amides is 1. The van der Waals surface area contributed by atoms with Crippen molar-refractivity contribution in [2.75, 3.05) is 0 Å². The number of benzene rings is 1. The zero-order valence-corrected chi connectivity index (χ0v) is 11.8. The van der Waals surface area contributed by atoms with Gasteiger partial charge in [-0.2, -0.15) is 4.98 Å². The third-order valence-electron chi connectivity index (χ3n) is 3.06. The topological polar surface area (TPSA) is 93.8 Å². The Hall–Kier alpha value is -3.09. The molecule has 110 valence electrons. The molecule has 0 spiro atoms. The monoisotopic (exact) mass is 295 g/mol. The molecule has 22 heavy (non-hydrogen) atoms. The molecule has 7 heteroatoms. The van der Waals surface area contributed by atoms with E-state index in [1.54, 1.807) is 6.20 Å². The molecule has 3 rings (SSSR count). The summed E-state index contributed by atoms with van der Waals surface area (Å²) in [4.78, 5) is 24.1. The molecule has 0 saturated heterocycles. The molecule has 0 saturated carbocycles. The SMILES string of the molecule is C[C@H](NC(=O)c1nc(-c2cnccn2)no1)c1ccccc1. The first kappa shape index (κ1) is 13.9. The summed E-state index contributed by atoms with van der Waals surface area (Å²) in [6.45, 7) is 1.88. The Labute approximate surface area is 126 Å². The van der Waals surface area contributed by atoms with Crippen LogP contribution in [-0.4, -0.2) is 26.0 Å². The average Bonchev–Trinajstić information content (AvgIpc) is 3.06. The van der Waals surface area contributed by atoms with E-state index >= 15 is 0 Å². The van der Waals surface area contributed by atoms with E-state index in [9.17, 15) is 4.79 Å². The van der Waals surface area contributed by atoms with Crippen molar-refractivity contribution in [1.82, 2.24) is 25.4 Å². The number of rotatable bonds is 4. The van der Waals surface area contributed by atoms with E-state index in [0.717, 1.165) is 5.56 Å². The Morgan fingerprint density at radius 1 is 1.23 bits per heavy atom. The van der Waals surface area contributed by atoms with E-state index < -0.39 is 5.91 Å². The molecule has 2 heterocycles. The predicted octanol–water partition coefficient (Wildman–Crippen LogP) is 2.02. The second kappa shape index (κ2) is 6.13. The lowest BCUT2D eigenvalue weighted by Gasteiger charge is -2.12. The zero-order chi connectivity index (χ0) is 15.4. The van der Waals surface area contributed by atoms with E-state index in [1.807, 2.05) is 37.3 Å². The highest BCUT2D eigenvalue weighted by molar-refractivity contribution is 5.90. The van der Waals surface area contributed by atoms with Crippen LogP contribution in [0.1, 0.15) is 29.2 Å². The summed E-state index contributed by atoms with van der Waals surface area (Å²) in [6.07, 6.45) is 4.56. The van der Waals surface area contributed by atoms with Gasteiger partial charge in [0.1, 0.15) is 5.69 Å². The quantitative estimate of drug-likeness (QED) is 0.791. The first-order valence-electron chi connectivity index (χ1n) is 6.70. The van der Waals surface area contributed by atoms with Gasteiger partial charge in [0.15, 0.2) is 0 Å². The average molecular weight is 295 g/mol. The lowest BCUT2D eigenvalue weighted by molar-refractivity contribution is 0.0895. The van der Waals surface area contributed by atoms with Crippen molar-refractivity contribution < 1.29 is 9.32 Å². The molecule has 1 aromatic carbocycles. The Balaban J connectivity index is 1.72. The molecular formula is C15H13N5O2. The number of carbonyl (C=O) groups is 1. The minimum Gasteiger partial charge on any atom is -0.341 e. The smallest absolute Gasteiger partial charge is 0.316 e. The summed E-state index contributed by atoms with van der Waals surface area (Å²) < 4.78 is 4.98. The molecule has 7 nitrogen and oxygen atoms in total. The van der Waals surface area contributed by atoms with Gasteiger partial charge in [0.05, 0.1) is 12.2 Å². The van der Waals surface area contributed by atoms with Crippen molar-refractivity contribution in [3.8, 4) is 11.5 Å². The number of hydrogen-bond donors (Lipinski definition) is 1. The van der Waals surface area contributed by atoms with Crippen LogP contribution in [0.2, 0.25) is 0 Å². The molecule has 0 unspecified atom stereocenters. The normalized spacial score (nSPS) is 11.9. The fourth-order valence-electron chi connectivity index (χ4n) is 1.92. The number of nitrogens with zero attached hydrogens (tertiary/aromatic N) is 4. The van der Waals surface area contributed by atoms with Crippen LogP contribution in [0, 0.1) is 0 Å². The van der Waals surface area contributed by atoms with Crippen molar-refractivity contribution in [2.24, 2.45) is 0 Å². The van der Waals surface area contributed by atoms with Gasteiger partial charge in [-0.1, -0.05) is 35.5 Å². The highest BCUT2D eigenvalue weighted by Crippen LogP contribution is 2.14. The van der Waals surface area contributed by atoms with Crippen LogP contribution in [0.15, 0.2) is 53.4 Å². The number of hydrogen-bond acceptors (Lipinski definition) is 6. The Bertz CT molecular complexity index is 758. The summed E-state index contributed by atoms with van der Waals surface area (Å²) in [5.41, 5.74) is 1.44. The van der Waals surface area contributed by atoms with Gasteiger partial charge >= 0.3 is 11.8 Å². The Morgan fingerprint density at radius 3 is 2.77 bits per heavy atom. The molecule has 1 amide bonds. The van der Waals surface area contributed by atoms with E-state index in [4.69, 9.17) is 4.52 Å². The second-order valence-electron chi connectivity index (χ2n) is 4.62.